The summed E-state index contributed by atoms with van der Waals surface area (Å²) >= 11 is 0. The van der Waals surface area contributed by atoms with Gasteiger partial charge in [0.2, 0.25) is 5.91 Å². The molecule has 0 fully saturated rings. The van der Waals surface area contributed by atoms with Gasteiger partial charge in [-0.3, -0.25) is 4.79 Å². The molecule has 2 N–H and O–H groups in total. The van der Waals surface area contributed by atoms with E-state index in [1.54, 1.807) is 21.3 Å². The highest BCUT2D eigenvalue weighted by Crippen LogP contribution is 2.25. The Morgan fingerprint density at radius 1 is 1.06 bits per heavy atom. The predicted octanol–water partition coefficient (Wildman–Crippen LogP) is 2.18. The molecule has 110 valence electrons. The Labute approximate surface area is 112 Å². The minimum Gasteiger partial charge on any atom is -0.377 e. The summed E-state index contributed by atoms with van der Waals surface area (Å²) in [5.74, 6) is -0.164. The van der Waals surface area contributed by atoms with Gasteiger partial charge in [-0.15, -0.1) is 0 Å². The Hall–Kier alpha value is -0.433. The van der Waals surface area contributed by atoms with Gasteiger partial charge in [-0.05, 0) is 12.8 Å². The highest BCUT2D eigenvalue weighted by atomic mass is 28.4. The van der Waals surface area contributed by atoms with Gasteiger partial charge in [-0.1, -0.05) is 27.7 Å². The summed E-state index contributed by atoms with van der Waals surface area (Å²) in [6.07, 6.45) is 1.86. The lowest BCUT2D eigenvalue weighted by Gasteiger charge is -2.29. The molecule has 0 aromatic rings. The first-order valence-corrected chi connectivity index (χ1v) is 8.09. The molecule has 2 atom stereocenters. The smallest absolute Gasteiger partial charge is 0.377 e. The Balaban J connectivity index is 0. The van der Waals surface area contributed by atoms with Crippen molar-refractivity contribution in [3.8, 4) is 0 Å². The average Bonchev–Trinajstić information content (AvgIpc) is 2.40. The monoisotopic (exact) mass is 279 g/mol. The Morgan fingerprint density at radius 2 is 1.44 bits per heavy atom. The maximum Gasteiger partial charge on any atom is 0.503 e. The normalized spacial score (nSPS) is 14.4. The van der Waals surface area contributed by atoms with E-state index in [0.717, 1.165) is 12.8 Å². The van der Waals surface area contributed by atoms with Crippen molar-refractivity contribution in [3.05, 3.63) is 0 Å². The first kappa shape index (κ1) is 19.9. The molecule has 5 nitrogen and oxygen atoms in total. The predicted molar refractivity (Wildman–Crippen MR) is 75.1 cm³/mol. The highest BCUT2D eigenvalue weighted by molar-refractivity contribution is 6.62. The minimum absolute atomic E-state index is 0.0417. The molecule has 18 heavy (non-hydrogen) atoms. The SMILES string of the molecule is CCC(C)C(N)=O.CCC(C)[Si](OC)(OC)OC. The van der Waals surface area contributed by atoms with Gasteiger partial charge in [-0.25, -0.2) is 0 Å². The van der Waals surface area contributed by atoms with Crippen LogP contribution in [-0.2, 0) is 18.1 Å². The second-order valence-corrected chi connectivity index (χ2v) is 7.65. The summed E-state index contributed by atoms with van der Waals surface area (Å²) in [6, 6.07) is 0. The number of primary amides is 1. The fraction of sp³-hybridized carbons (Fsp3) is 0.917. The van der Waals surface area contributed by atoms with Crippen molar-refractivity contribution in [3.63, 3.8) is 0 Å². The van der Waals surface area contributed by atoms with Crippen LogP contribution < -0.4 is 5.73 Å². The Morgan fingerprint density at radius 3 is 1.50 bits per heavy atom. The Bertz CT molecular complexity index is 214. The molecule has 0 radical (unpaired) electrons. The molecule has 0 saturated carbocycles. The first-order chi connectivity index (χ1) is 8.34. The minimum atomic E-state index is -2.32. The lowest BCUT2D eigenvalue weighted by atomic mass is 10.1. The number of nitrogens with two attached hydrogens (primary N) is 1. The van der Waals surface area contributed by atoms with E-state index in [0.29, 0.717) is 5.54 Å². The van der Waals surface area contributed by atoms with Crippen LogP contribution in [0.3, 0.4) is 0 Å². The van der Waals surface area contributed by atoms with Crippen molar-refractivity contribution in [2.45, 2.75) is 46.1 Å². The molecular formula is C12H29NO4Si. The maximum absolute atomic E-state index is 10.2. The third kappa shape index (κ3) is 6.49. The number of amides is 1. The van der Waals surface area contributed by atoms with Gasteiger partial charge >= 0.3 is 8.80 Å². The van der Waals surface area contributed by atoms with E-state index in [1.807, 2.05) is 13.8 Å². The molecule has 2 unspecified atom stereocenters. The molecule has 6 heteroatoms. The maximum atomic E-state index is 10.2. The number of rotatable bonds is 7. The van der Waals surface area contributed by atoms with Crippen molar-refractivity contribution in [2.75, 3.05) is 21.3 Å². The zero-order valence-corrected chi connectivity index (χ0v) is 13.8. The summed E-state index contributed by atoms with van der Waals surface area (Å²) in [6.45, 7) is 7.95. The van der Waals surface area contributed by atoms with Crippen molar-refractivity contribution < 1.29 is 18.1 Å². The van der Waals surface area contributed by atoms with Gasteiger partial charge in [-0.2, -0.15) is 0 Å². The molecule has 0 aliphatic carbocycles. The van der Waals surface area contributed by atoms with Crippen molar-refractivity contribution >= 4 is 14.7 Å². The largest absolute Gasteiger partial charge is 0.503 e. The third-order valence-corrected chi connectivity index (χ3v) is 6.49. The van der Waals surface area contributed by atoms with Crippen LogP contribution in [0, 0.1) is 5.92 Å². The van der Waals surface area contributed by atoms with E-state index in [9.17, 15) is 4.79 Å². The van der Waals surface area contributed by atoms with E-state index >= 15 is 0 Å². The molecular weight excluding hydrogens is 250 g/mol. The van der Waals surface area contributed by atoms with Crippen LogP contribution in [0.15, 0.2) is 0 Å². The van der Waals surface area contributed by atoms with Crippen LogP contribution in [0.25, 0.3) is 0 Å². The van der Waals surface area contributed by atoms with Crippen molar-refractivity contribution in [1.82, 2.24) is 0 Å². The van der Waals surface area contributed by atoms with E-state index < -0.39 is 8.80 Å². The van der Waals surface area contributed by atoms with E-state index in [1.165, 1.54) is 0 Å². The van der Waals surface area contributed by atoms with E-state index in [-0.39, 0.29) is 11.8 Å². The zero-order chi connectivity index (χ0) is 14.8. The van der Waals surface area contributed by atoms with Crippen molar-refractivity contribution in [2.24, 2.45) is 11.7 Å². The number of carbonyl (C=O) groups excluding carboxylic acids is 1. The van der Waals surface area contributed by atoms with Gasteiger partial charge in [0.25, 0.3) is 0 Å². The number of carbonyl (C=O) groups is 1. The summed E-state index contributed by atoms with van der Waals surface area (Å²) in [5, 5.41) is 0. The number of hydrogen-bond donors (Lipinski definition) is 1. The molecule has 0 aliphatic heterocycles. The standard InChI is InChI=1S/C7H18O3Si.C5H11NO/c1-6-7(2)11(8-3,9-4)10-5;1-3-4(2)5(6)7/h7H,6H2,1-5H3;4H,3H2,1-2H3,(H2,6,7). The topological polar surface area (TPSA) is 70.8 Å². The van der Waals surface area contributed by atoms with E-state index in [2.05, 4.69) is 13.8 Å². The van der Waals surface area contributed by atoms with Gasteiger partial charge in [0, 0.05) is 32.8 Å². The fourth-order valence-corrected chi connectivity index (χ4v) is 3.51. The Kier molecular flexibility index (Phi) is 11.6. The highest BCUT2D eigenvalue weighted by Gasteiger charge is 2.43. The van der Waals surface area contributed by atoms with Crippen LogP contribution in [0.1, 0.15) is 40.5 Å². The molecule has 0 rings (SSSR count). The quantitative estimate of drug-likeness (QED) is 0.725. The molecule has 0 aromatic carbocycles. The van der Waals surface area contributed by atoms with Gasteiger partial charge < -0.3 is 19.0 Å². The van der Waals surface area contributed by atoms with Crippen LogP contribution >= 0.6 is 0 Å². The summed E-state index contributed by atoms with van der Waals surface area (Å²) in [5.41, 5.74) is 5.27. The zero-order valence-electron chi connectivity index (χ0n) is 12.8. The van der Waals surface area contributed by atoms with Crippen LogP contribution in [-0.4, -0.2) is 36.0 Å². The fourth-order valence-electron chi connectivity index (χ4n) is 1.30. The van der Waals surface area contributed by atoms with Gasteiger partial charge in [0.15, 0.2) is 0 Å². The second kappa shape index (κ2) is 10.5. The van der Waals surface area contributed by atoms with Gasteiger partial charge in [0.05, 0.1) is 0 Å². The first-order valence-electron chi connectivity index (χ1n) is 6.29. The molecule has 0 spiro atoms. The van der Waals surface area contributed by atoms with Gasteiger partial charge in [0.1, 0.15) is 0 Å². The lowest BCUT2D eigenvalue weighted by Crippen LogP contribution is -2.46. The molecule has 0 aliphatic rings. The summed E-state index contributed by atoms with van der Waals surface area (Å²) in [4.78, 5) is 10.2. The molecule has 0 bridgehead atoms. The van der Waals surface area contributed by atoms with Crippen LogP contribution in [0.5, 0.6) is 0 Å². The van der Waals surface area contributed by atoms with Crippen LogP contribution in [0.4, 0.5) is 0 Å². The molecule has 0 saturated heterocycles. The number of hydrogen-bond acceptors (Lipinski definition) is 4. The van der Waals surface area contributed by atoms with Crippen molar-refractivity contribution in [1.29, 1.82) is 0 Å². The second-order valence-electron chi connectivity index (χ2n) is 4.24. The molecule has 1 amide bonds. The molecule has 0 heterocycles. The van der Waals surface area contributed by atoms with E-state index in [4.69, 9.17) is 19.0 Å². The summed E-state index contributed by atoms with van der Waals surface area (Å²) in [7, 11) is 2.61. The third-order valence-electron chi connectivity index (χ3n) is 3.17. The van der Waals surface area contributed by atoms with Crippen LogP contribution in [0.2, 0.25) is 5.54 Å². The molecule has 0 aromatic heterocycles. The lowest BCUT2D eigenvalue weighted by molar-refractivity contribution is -0.121. The average molecular weight is 279 g/mol. The summed E-state index contributed by atoms with van der Waals surface area (Å²) < 4.78 is 15.9.